The van der Waals surface area contributed by atoms with Crippen LogP contribution >= 0.6 is 0 Å². The summed E-state index contributed by atoms with van der Waals surface area (Å²) >= 11 is 0. The summed E-state index contributed by atoms with van der Waals surface area (Å²) in [6.45, 7) is 0. The number of nitrogens with zero attached hydrogens (tertiary/aromatic N) is 3. The van der Waals surface area contributed by atoms with E-state index >= 15 is 0 Å². The lowest BCUT2D eigenvalue weighted by Crippen LogP contribution is -2.00. The van der Waals surface area contributed by atoms with Gasteiger partial charge in [0, 0.05) is 38.5 Å². The van der Waals surface area contributed by atoms with Crippen LogP contribution in [0.4, 0.5) is 0 Å². The Balaban J connectivity index is 0.999. The number of benzene rings is 9. The van der Waals surface area contributed by atoms with Crippen molar-refractivity contribution in [2.24, 2.45) is 0 Å². The largest absolute Gasteiger partial charge is 0.456 e. The number of ether oxygens (including phenoxy) is 1. The summed E-state index contributed by atoms with van der Waals surface area (Å²) in [5.74, 6) is 1.72. The lowest BCUT2D eigenvalue weighted by molar-refractivity contribution is 0.487. The summed E-state index contributed by atoms with van der Waals surface area (Å²) < 4.78 is 9.07. The Morgan fingerprint density at radius 1 is 0.345 bits per heavy atom. The number of hydrogen-bond donors (Lipinski definition) is 0. The van der Waals surface area contributed by atoms with Crippen LogP contribution in [0.2, 0.25) is 0 Å². The van der Waals surface area contributed by atoms with Crippen LogP contribution in [0.3, 0.4) is 0 Å². The molecule has 0 aliphatic carbocycles. The van der Waals surface area contributed by atoms with Crippen molar-refractivity contribution in [2.45, 2.75) is 0 Å². The van der Waals surface area contributed by atoms with Gasteiger partial charge in [-0.1, -0.05) is 140 Å². The normalized spacial score (nSPS) is 11.9. The first kappa shape index (κ1) is 32.4. The molecular weight excluding hydrogens is 707 g/mol. The van der Waals surface area contributed by atoms with Gasteiger partial charge in [0.15, 0.2) is 0 Å². The lowest BCUT2D eigenvalue weighted by Gasteiger charge is -2.23. The monoisotopic (exact) mass is 739 g/mol. The fourth-order valence-electron chi connectivity index (χ4n) is 8.92. The highest BCUT2D eigenvalue weighted by Crippen LogP contribution is 2.50. The number of hydrogen-bond acceptors (Lipinski definition) is 3. The zero-order valence-electron chi connectivity index (χ0n) is 31.3. The third-order valence-corrected chi connectivity index (χ3v) is 11.6. The van der Waals surface area contributed by atoms with E-state index in [0.717, 1.165) is 89.3 Å². The van der Waals surface area contributed by atoms with Crippen LogP contribution in [-0.4, -0.2) is 14.5 Å². The Bertz CT molecular complexity index is 3380. The zero-order valence-corrected chi connectivity index (χ0v) is 31.3. The van der Waals surface area contributed by atoms with Crippen LogP contribution < -0.4 is 4.74 Å². The molecule has 0 saturated heterocycles. The van der Waals surface area contributed by atoms with Crippen molar-refractivity contribution in [1.82, 2.24) is 14.5 Å². The fraction of sp³-hybridized carbons (Fsp3) is 0. The van der Waals surface area contributed by atoms with Gasteiger partial charge in [-0.2, -0.15) is 0 Å². The fourth-order valence-corrected chi connectivity index (χ4v) is 8.92. The molecule has 0 radical (unpaired) electrons. The zero-order chi connectivity index (χ0) is 38.2. The van der Waals surface area contributed by atoms with Crippen molar-refractivity contribution < 1.29 is 4.74 Å². The van der Waals surface area contributed by atoms with Crippen molar-refractivity contribution in [1.29, 1.82) is 0 Å². The van der Waals surface area contributed by atoms with E-state index in [4.69, 9.17) is 14.7 Å². The average Bonchev–Trinajstić information content (AvgIpc) is 3.63. The van der Waals surface area contributed by atoms with E-state index in [-0.39, 0.29) is 0 Å². The SMILES string of the molecule is c1ccc(-c2cccc(-c3nc4ccccc4nc3-c3cccc(-c4ccc5c6c(cccc46)-c4cc(-n6c7ccccc7c7ccccc76)ccc4O5)c3)c2)cc1. The van der Waals surface area contributed by atoms with E-state index < -0.39 is 0 Å². The van der Waals surface area contributed by atoms with Gasteiger partial charge < -0.3 is 9.30 Å². The quantitative estimate of drug-likeness (QED) is 0.176. The predicted octanol–water partition coefficient (Wildman–Crippen LogP) is 14.3. The van der Waals surface area contributed by atoms with Crippen molar-refractivity contribution in [3.8, 4) is 73.1 Å². The van der Waals surface area contributed by atoms with Crippen molar-refractivity contribution in [3.63, 3.8) is 0 Å². The Kier molecular flexibility index (Phi) is 7.20. The highest BCUT2D eigenvalue weighted by Gasteiger charge is 2.24. The third-order valence-electron chi connectivity index (χ3n) is 11.6. The topological polar surface area (TPSA) is 39.9 Å². The smallest absolute Gasteiger partial charge is 0.135 e. The van der Waals surface area contributed by atoms with Crippen LogP contribution in [0.5, 0.6) is 11.5 Å². The summed E-state index contributed by atoms with van der Waals surface area (Å²) in [5.41, 5.74) is 15.7. The summed E-state index contributed by atoms with van der Waals surface area (Å²) in [5, 5.41) is 4.74. The minimum absolute atomic E-state index is 0.850. The summed E-state index contributed by atoms with van der Waals surface area (Å²) in [6, 6.07) is 70.7. The van der Waals surface area contributed by atoms with Gasteiger partial charge in [-0.25, -0.2) is 9.97 Å². The first-order chi connectivity index (χ1) is 28.7. The van der Waals surface area contributed by atoms with Crippen LogP contribution in [0.25, 0.3) is 105 Å². The van der Waals surface area contributed by atoms with Crippen molar-refractivity contribution >= 4 is 43.6 Å². The molecule has 11 aromatic rings. The standard InChI is InChI=1S/C54H33N3O/c1-2-13-34(14-3-1)35-15-10-17-37(31-35)53-54(56-47-24-7-6-23-46(47)55-53)38-18-11-16-36(32-38)40-28-30-51-52-43(40)21-12-22-44(52)45-33-39(27-29-50(45)58-51)57-48-25-8-4-19-41(48)42-20-5-9-26-49(42)57/h1-33H. The highest BCUT2D eigenvalue weighted by atomic mass is 16.5. The molecule has 0 atom stereocenters. The molecule has 58 heavy (non-hydrogen) atoms. The highest BCUT2D eigenvalue weighted by molar-refractivity contribution is 6.11. The molecule has 0 fully saturated rings. The van der Waals surface area contributed by atoms with E-state index in [9.17, 15) is 0 Å². The first-order valence-corrected chi connectivity index (χ1v) is 19.7. The van der Waals surface area contributed by atoms with Crippen LogP contribution in [-0.2, 0) is 0 Å². The van der Waals surface area contributed by atoms with Gasteiger partial charge in [-0.05, 0) is 93.9 Å². The molecule has 0 bridgehead atoms. The van der Waals surface area contributed by atoms with Crippen LogP contribution in [0, 0.1) is 0 Å². The molecule has 4 heteroatoms. The molecule has 0 spiro atoms. The molecule has 1 aliphatic heterocycles. The number of rotatable bonds is 5. The minimum atomic E-state index is 0.850. The molecule has 0 N–H and O–H groups in total. The molecule has 0 unspecified atom stereocenters. The molecule has 1 aliphatic rings. The molecule has 4 nitrogen and oxygen atoms in total. The number of aromatic nitrogens is 3. The van der Waals surface area contributed by atoms with E-state index in [1.165, 1.54) is 27.4 Å². The van der Waals surface area contributed by atoms with Crippen molar-refractivity contribution in [3.05, 3.63) is 200 Å². The maximum absolute atomic E-state index is 6.70. The summed E-state index contributed by atoms with van der Waals surface area (Å²) in [6.07, 6.45) is 0. The summed E-state index contributed by atoms with van der Waals surface area (Å²) in [7, 11) is 0. The molecular formula is C54H33N3O. The Morgan fingerprint density at radius 3 is 1.62 bits per heavy atom. The molecule has 12 rings (SSSR count). The van der Waals surface area contributed by atoms with E-state index in [2.05, 4.69) is 174 Å². The number of para-hydroxylation sites is 4. The Morgan fingerprint density at radius 2 is 0.897 bits per heavy atom. The van der Waals surface area contributed by atoms with Crippen LogP contribution in [0.1, 0.15) is 0 Å². The average molecular weight is 740 g/mol. The second-order valence-corrected chi connectivity index (χ2v) is 14.9. The van der Waals surface area contributed by atoms with Gasteiger partial charge in [0.2, 0.25) is 0 Å². The van der Waals surface area contributed by atoms with E-state index in [1.807, 2.05) is 30.3 Å². The van der Waals surface area contributed by atoms with E-state index in [0.29, 0.717) is 0 Å². The van der Waals surface area contributed by atoms with Gasteiger partial charge >= 0.3 is 0 Å². The molecule has 3 heterocycles. The van der Waals surface area contributed by atoms with Gasteiger partial charge in [-0.3, -0.25) is 0 Å². The second kappa shape index (κ2) is 12.9. The van der Waals surface area contributed by atoms with Gasteiger partial charge in [-0.15, -0.1) is 0 Å². The van der Waals surface area contributed by atoms with Gasteiger partial charge in [0.25, 0.3) is 0 Å². The third kappa shape index (κ3) is 5.09. The van der Waals surface area contributed by atoms with E-state index in [1.54, 1.807) is 0 Å². The molecule has 2 aromatic heterocycles. The van der Waals surface area contributed by atoms with Crippen molar-refractivity contribution in [2.75, 3.05) is 0 Å². The number of fused-ring (bicyclic) bond motifs is 6. The Hall–Kier alpha value is -7.82. The predicted molar refractivity (Wildman–Crippen MR) is 239 cm³/mol. The maximum Gasteiger partial charge on any atom is 0.135 e. The van der Waals surface area contributed by atoms with Gasteiger partial charge in [0.1, 0.15) is 11.5 Å². The minimum Gasteiger partial charge on any atom is -0.456 e. The summed E-state index contributed by atoms with van der Waals surface area (Å²) in [4.78, 5) is 10.5. The molecule has 9 aromatic carbocycles. The maximum atomic E-state index is 6.70. The molecule has 0 amide bonds. The molecule has 270 valence electrons. The van der Waals surface area contributed by atoms with Gasteiger partial charge in [0.05, 0.1) is 33.5 Å². The van der Waals surface area contributed by atoms with Crippen LogP contribution in [0.15, 0.2) is 200 Å². The Labute approximate surface area is 334 Å². The first-order valence-electron chi connectivity index (χ1n) is 19.7. The lowest BCUT2D eigenvalue weighted by atomic mass is 9.89. The molecule has 0 saturated carbocycles. The second-order valence-electron chi connectivity index (χ2n) is 14.9.